The molecule has 0 radical (unpaired) electrons. The molecule has 0 N–H and O–H groups in total. The minimum Gasteiger partial charge on any atom is -0.465 e. The van der Waals surface area contributed by atoms with Crippen LogP contribution >= 0.6 is 0 Å². The van der Waals surface area contributed by atoms with Gasteiger partial charge in [0.25, 0.3) is 5.91 Å². The highest BCUT2D eigenvalue weighted by molar-refractivity contribution is 7.90. The summed E-state index contributed by atoms with van der Waals surface area (Å²) in [4.78, 5) is 23.9. The van der Waals surface area contributed by atoms with Gasteiger partial charge in [-0.3, -0.25) is 4.79 Å². The molecule has 0 saturated carbocycles. The average molecular weight is 390 g/mol. The molecule has 0 spiro atoms. The van der Waals surface area contributed by atoms with E-state index in [1.807, 2.05) is 0 Å². The molecule has 0 aromatic heterocycles. The van der Waals surface area contributed by atoms with Gasteiger partial charge in [0.15, 0.2) is 15.4 Å². The SMILES string of the molecule is COC(=O)/C(=C1/C(=O)N(c2ccc(S(C)(=O)=O)cc2)N=C1C)C(F)(F)F. The first kappa shape index (κ1) is 19.6. The number of ether oxygens (including phenoxy) is 1. The summed E-state index contributed by atoms with van der Waals surface area (Å²) in [7, 11) is -2.72. The fourth-order valence-corrected chi connectivity index (χ4v) is 2.90. The van der Waals surface area contributed by atoms with Crippen molar-refractivity contribution in [3.63, 3.8) is 0 Å². The van der Waals surface area contributed by atoms with Gasteiger partial charge in [-0.2, -0.15) is 23.3 Å². The number of hydrogen-bond donors (Lipinski definition) is 0. The van der Waals surface area contributed by atoms with Gasteiger partial charge in [0.2, 0.25) is 0 Å². The van der Waals surface area contributed by atoms with Crippen LogP contribution in [0.2, 0.25) is 0 Å². The quantitative estimate of drug-likeness (QED) is 0.580. The van der Waals surface area contributed by atoms with Crippen LogP contribution in [0.1, 0.15) is 6.92 Å². The van der Waals surface area contributed by atoms with E-state index in [1.54, 1.807) is 0 Å². The number of rotatable bonds is 3. The number of carbonyl (C=O) groups is 2. The van der Waals surface area contributed by atoms with Gasteiger partial charge in [0.05, 0.1) is 29.0 Å². The molecule has 0 saturated heterocycles. The second-order valence-corrected chi connectivity index (χ2v) is 7.32. The van der Waals surface area contributed by atoms with Crippen LogP contribution in [0.3, 0.4) is 0 Å². The number of methoxy groups -OCH3 is 1. The Morgan fingerprint density at radius 1 is 1.19 bits per heavy atom. The van der Waals surface area contributed by atoms with Gasteiger partial charge in [0.1, 0.15) is 0 Å². The second kappa shape index (κ2) is 6.56. The minimum atomic E-state index is -5.12. The summed E-state index contributed by atoms with van der Waals surface area (Å²) < 4.78 is 66.7. The zero-order chi connectivity index (χ0) is 19.9. The molecule has 1 aliphatic heterocycles. The van der Waals surface area contributed by atoms with Crippen LogP contribution in [0, 0.1) is 0 Å². The van der Waals surface area contributed by atoms with Crippen LogP contribution < -0.4 is 5.01 Å². The summed E-state index contributed by atoms with van der Waals surface area (Å²) in [5.41, 5.74) is -2.94. The molecule has 0 fully saturated rings. The summed E-state index contributed by atoms with van der Waals surface area (Å²) in [6.45, 7) is 1.15. The monoisotopic (exact) mass is 390 g/mol. The zero-order valence-electron chi connectivity index (χ0n) is 13.8. The fourth-order valence-electron chi connectivity index (χ4n) is 2.27. The lowest BCUT2D eigenvalue weighted by Crippen LogP contribution is -2.29. The van der Waals surface area contributed by atoms with E-state index in [0.717, 1.165) is 20.3 Å². The van der Waals surface area contributed by atoms with Crippen molar-refractivity contribution in [3.05, 3.63) is 35.4 Å². The molecule has 1 aliphatic rings. The first-order valence-electron chi connectivity index (χ1n) is 6.98. The molecule has 0 bridgehead atoms. The van der Waals surface area contributed by atoms with Gasteiger partial charge in [-0.05, 0) is 31.2 Å². The van der Waals surface area contributed by atoms with Crippen LogP contribution in [-0.4, -0.2) is 45.5 Å². The standard InChI is InChI=1S/C15H13F3N2O5S/c1-8-11(12(14(22)25-2)15(16,17)18)13(21)20(19-8)9-4-6-10(7-5-9)26(3,23)24/h4-7H,1-3H3/b12-11-. The molecule has 11 heteroatoms. The van der Waals surface area contributed by atoms with Gasteiger partial charge in [-0.15, -0.1) is 0 Å². The van der Waals surface area contributed by atoms with E-state index in [9.17, 15) is 31.2 Å². The van der Waals surface area contributed by atoms with Gasteiger partial charge in [-0.25, -0.2) is 13.2 Å². The Morgan fingerprint density at radius 3 is 2.15 bits per heavy atom. The van der Waals surface area contributed by atoms with Gasteiger partial charge >= 0.3 is 12.1 Å². The summed E-state index contributed by atoms with van der Waals surface area (Å²) in [5, 5.41) is 4.41. The maximum absolute atomic E-state index is 13.2. The summed E-state index contributed by atoms with van der Waals surface area (Å²) in [6.07, 6.45) is -4.14. The largest absolute Gasteiger partial charge is 0.465 e. The summed E-state index contributed by atoms with van der Waals surface area (Å²) in [5.74, 6) is -2.88. The van der Waals surface area contributed by atoms with Crippen LogP contribution in [0.15, 0.2) is 45.4 Å². The third kappa shape index (κ3) is 3.62. The van der Waals surface area contributed by atoms with E-state index < -0.39 is 39.0 Å². The van der Waals surface area contributed by atoms with Crippen molar-refractivity contribution in [1.29, 1.82) is 0 Å². The van der Waals surface area contributed by atoms with Crippen molar-refractivity contribution >= 4 is 33.1 Å². The fraction of sp³-hybridized carbons (Fsp3) is 0.267. The van der Waals surface area contributed by atoms with E-state index in [1.165, 1.54) is 24.3 Å². The highest BCUT2D eigenvalue weighted by Gasteiger charge is 2.47. The number of alkyl halides is 3. The number of carbonyl (C=O) groups excluding carboxylic acids is 2. The summed E-state index contributed by atoms with van der Waals surface area (Å²) >= 11 is 0. The van der Waals surface area contributed by atoms with Crippen LogP contribution in [0.4, 0.5) is 18.9 Å². The highest BCUT2D eigenvalue weighted by Crippen LogP contribution is 2.34. The number of esters is 1. The normalized spacial score (nSPS) is 17.2. The van der Waals surface area contributed by atoms with E-state index >= 15 is 0 Å². The molecule has 0 atom stereocenters. The smallest absolute Gasteiger partial charge is 0.424 e. The van der Waals surface area contributed by atoms with Crippen molar-refractivity contribution < 1.29 is 35.9 Å². The average Bonchev–Trinajstić information content (AvgIpc) is 2.81. The Balaban J connectivity index is 2.53. The highest BCUT2D eigenvalue weighted by atomic mass is 32.2. The van der Waals surface area contributed by atoms with Crippen molar-refractivity contribution in [2.24, 2.45) is 5.10 Å². The third-order valence-electron chi connectivity index (χ3n) is 3.45. The molecule has 1 heterocycles. The number of amides is 1. The molecule has 140 valence electrons. The van der Waals surface area contributed by atoms with E-state index in [4.69, 9.17) is 0 Å². The predicted molar refractivity (Wildman–Crippen MR) is 85.2 cm³/mol. The summed E-state index contributed by atoms with van der Waals surface area (Å²) in [6, 6.07) is 4.82. The number of nitrogens with zero attached hydrogens (tertiary/aromatic N) is 2. The Kier molecular flexibility index (Phi) is 4.95. The third-order valence-corrected chi connectivity index (χ3v) is 4.58. The maximum atomic E-state index is 13.2. The Bertz CT molecular complexity index is 931. The first-order valence-corrected chi connectivity index (χ1v) is 8.87. The lowest BCUT2D eigenvalue weighted by molar-refractivity contribution is -0.148. The molecule has 7 nitrogen and oxygen atoms in total. The molecule has 26 heavy (non-hydrogen) atoms. The van der Waals surface area contributed by atoms with Gasteiger partial charge in [-0.1, -0.05) is 0 Å². The molecule has 1 aromatic carbocycles. The zero-order valence-corrected chi connectivity index (χ0v) is 14.6. The van der Waals surface area contributed by atoms with Crippen LogP contribution in [0.5, 0.6) is 0 Å². The number of halogens is 3. The maximum Gasteiger partial charge on any atom is 0.424 e. The lowest BCUT2D eigenvalue weighted by atomic mass is 10.0. The van der Waals surface area contributed by atoms with Gasteiger partial charge < -0.3 is 4.74 Å². The molecule has 0 aliphatic carbocycles. The number of sulfone groups is 1. The number of benzene rings is 1. The minimum absolute atomic E-state index is 0.0325. The van der Waals surface area contributed by atoms with E-state index in [-0.39, 0.29) is 16.3 Å². The van der Waals surface area contributed by atoms with Crippen molar-refractivity contribution in [2.75, 3.05) is 18.4 Å². The van der Waals surface area contributed by atoms with E-state index in [0.29, 0.717) is 5.01 Å². The van der Waals surface area contributed by atoms with Crippen molar-refractivity contribution in [1.82, 2.24) is 0 Å². The van der Waals surface area contributed by atoms with Crippen molar-refractivity contribution in [2.45, 2.75) is 18.0 Å². The molecular formula is C15H13F3N2O5S. The topological polar surface area (TPSA) is 93.1 Å². The second-order valence-electron chi connectivity index (χ2n) is 5.31. The predicted octanol–water partition coefficient (Wildman–Crippen LogP) is 1.84. The molecule has 1 aromatic rings. The number of anilines is 1. The Labute approximate surface area is 146 Å². The van der Waals surface area contributed by atoms with Crippen LogP contribution in [-0.2, 0) is 24.2 Å². The first-order chi connectivity index (χ1) is 11.9. The number of hydrazone groups is 1. The number of hydrogen-bond acceptors (Lipinski definition) is 6. The molecule has 2 rings (SSSR count). The Morgan fingerprint density at radius 2 is 1.73 bits per heavy atom. The van der Waals surface area contributed by atoms with Crippen molar-refractivity contribution in [3.8, 4) is 0 Å². The van der Waals surface area contributed by atoms with Crippen LogP contribution in [0.25, 0.3) is 0 Å². The Hall–Kier alpha value is -2.69. The van der Waals surface area contributed by atoms with Gasteiger partial charge in [0, 0.05) is 6.26 Å². The lowest BCUT2D eigenvalue weighted by Gasteiger charge is -2.14. The van der Waals surface area contributed by atoms with E-state index in [2.05, 4.69) is 9.84 Å². The molecule has 0 unspecified atom stereocenters. The molecule has 1 amide bonds. The molecular weight excluding hydrogens is 377 g/mol.